The van der Waals surface area contributed by atoms with E-state index in [9.17, 15) is 23.1 Å². The molecule has 0 bridgehead atoms. The summed E-state index contributed by atoms with van der Waals surface area (Å²) < 4.78 is 40.7. The lowest BCUT2D eigenvalue weighted by Crippen LogP contribution is -2.21. The van der Waals surface area contributed by atoms with Gasteiger partial charge in [-0.05, 0) is 62.7 Å². The number of ether oxygens (including phenoxy) is 2. The zero-order chi connectivity index (χ0) is 31.6. The van der Waals surface area contributed by atoms with Crippen molar-refractivity contribution in [2.75, 3.05) is 18.4 Å². The molecule has 2 heterocycles. The van der Waals surface area contributed by atoms with Crippen LogP contribution < -0.4 is 15.0 Å². The lowest BCUT2D eigenvalue weighted by molar-refractivity contribution is 0.0527. The van der Waals surface area contributed by atoms with Gasteiger partial charge in [0.25, 0.3) is 15.6 Å². The van der Waals surface area contributed by atoms with Crippen LogP contribution in [0.4, 0.5) is 10.7 Å². The summed E-state index contributed by atoms with van der Waals surface area (Å²) in [5, 5.41) is 12.6. The molecule has 2 aromatic heterocycles. The number of thiophene rings is 1. The predicted octanol–water partition coefficient (Wildman–Crippen LogP) is 6.11. The maximum atomic E-state index is 13.7. The van der Waals surface area contributed by atoms with Crippen molar-refractivity contribution in [2.45, 2.75) is 25.7 Å². The van der Waals surface area contributed by atoms with Gasteiger partial charge in [0.1, 0.15) is 10.8 Å². The maximum Gasteiger partial charge on any atom is 0.341 e. The lowest BCUT2D eigenvalue weighted by atomic mass is 10.1. The van der Waals surface area contributed by atoms with Crippen molar-refractivity contribution in [3.8, 4) is 17.3 Å². The van der Waals surface area contributed by atoms with E-state index in [0.29, 0.717) is 21.7 Å². The summed E-state index contributed by atoms with van der Waals surface area (Å²) >= 11 is 1.31. The number of hydrogen-bond acceptors (Lipinski definition) is 9. The van der Waals surface area contributed by atoms with E-state index >= 15 is 0 Å². The van der Waals surface area contributed by atoms with Gasteiger partial charge in [0.05, 0.1) is 41.1 Å². The Morgan fingerprint density at radius 3 is 2.48 bits per heavy atom. The molecule has 44 heavy (non-hydrogen) atoms. The van der Waals surface area contributed by atoms with E-state index in [1.54, 1.807) is 55.5 Å². The van der Waals surface area contributed by atoms with E-state index < -0.39 is 27.4 Å². The van der Waals surface area contributed by atoms with E-state index in [4.69, 9.17) is 9.47 Å². The van der Waals surface area contributed by atoms with Gasteiger partial charge in [-0.3, -0.25) is 9.52 Å². The Morgan fingerprint density at radius 2 is 1.75 bits per heavy atom. The first-order chi connectivity index (χ1) is 21.1. The molecule has 12 heteroatoms. The van der Waals surface area contributed by atoms with Gasteiger partial charge in [0.15, 0.2) is 0 Å². The molecule has 226 valence electrons. The summed E-state index contributed by atoms with van der Waals surface area (Å²) in [6.07, 6.45) is 1.39. The number of aromatic nitrogens is 1. The van der Waals surface area contributed by atoms with E-state index in [0.717, 1.165) is 15.0 Å². The van der Waals surface area contributed by atoms with Crippen molar-refractivity contribution < 1.29 is 27.8 Å². The fourth-order valence-corrected chi connectivity index (χ4v) is 6.82. The van der Waals surface area contributed by atoms with Crippen LogP contribution in [-0.4, -0.2) is 44.0 Å². The minimum Gasteiger partial charge on any atom is -0.495 e. The van der Waals surface area contributed by atoms with E-state index in [2.05, 4.69) is 9.71 Å². The Balaban J connectivity index is 1.64. The number of methoxy groups -OCH3 is 1. The van der Waals surface area contributed by atoms with Crippen molar-refractivity contribution in [1.82, 2.24) is 4.57 Å². The average molecular weight is 632 g/mol. The molecule has 5 rings (SSSR count). The summed E-state index contributed by atoms with van der Waals surface area (Å²) in [5.41, 5.74) is 1.09. The van der Waals surface area contributed by atoms with Gasteiger partial charge in [0, 0.05) is 21.9 Å². The second-order valence-electron chi connectivity index (χ2n) is 9.67. The van der Waals surface area contributed by atoms with Crippen molar-refractivity contribution in [3.05, 3.63) is 105 Å². The first-order valence-electron chi connectivity index (χ1n) is 13.5. The van der Waals surface area contributed by atoms with Crippen LogP contribution in [-0.2, 0) is 14.8 Å². The van der Waals surface area contributed by atoms with Gasteiger partial charge in [0.2, 0.25) is 5.88 Å². The summed E-state index contributed by atoms with van der Waals surface area (Å²) in [6.45, 7) is 5.61. The molecule has 0 aliphatic carbocycles. The van der Waals surface area contributed by atoms with Gasteiger partial charge in [-0.25, -0.2) is 22.8 Å². The number of esters is 1. The number of benzene rings is 3. The minimum absolute atomic E-state index is 0.117. The molecule has 2 N–H and O–H groups in total. The predicted molar refractivity (Wildman–Crippen MR) is 172 cm³/mol. The standard InChI is InChI=1S/C32H29N3O7S2/c1-5-42-32(38)28-19(2)20(3)43-29(28)33-18-25-23-13-6-7-14-24(23)30(36)35(31(25)37)21-11-10-12-22(17-21)44(39,40)34-26-15-8-9-16-27(26)41-4/h6-18,34,37H,5H2,1-4H3/b33-18+. The highest BCUT2D eigenvalue weighted by atomic mass is 32.2. The highest BCUT2D eigenvalue weighted by Gasteiger charge is 2.23. The van der Waals surface area contributed by atoms with Crippen LogP contribution in [0.5, 0.6) is 11.6 Å². The monoisotopic (exact) mass is 631 g/mol. The van der Waals surface area contributed by atoms with Gasteiger partial charge >= 0.3 is 5.97 Å². The van der Waals surface area contributed by atoms with E-state index in [-0.39, 0.29) is 33.8 Å². The molecule has 0 unspecified atom stereocenters. The summed E-state index contributed by atoms with van der Waals surface area (Å²) in [7, 11) is -2.68. The molecular weight excluding hydrogens is 603 g/mol. The molecule has 0 aliphatic heterocycles. The van der Waals surface area contributed by atoms with Gasteiger partial charge in [-0.2, -0.15) is 0 Å². The third-order valence-corrected chi connectivity index (χ3v) is 9.48. The minimum atomic E-state index is -4.12. The van der Waals surface area contributed by atoms with Gasteiger partial charge in [-0.1, -0.05) is 36.4 Å². The number of nitrogens with one attached hydrogen (secondary N) is 1. The second-order valence-corrected chi connectivity index (χ2v) is 12.6. The number of aliphatic imine (C=N–C) groups is 1. The number of aromatic hydroxyl groups is 1. The topological polar surface area (TPSA) is 136 Å². The molecule has 5 aromatic rings. The highest BCUT2D eigenvalue weighted by molar-refractivity contribution is 7.92. The molecule has 0 amide bonds. The molecule has 0 saturated heterocycles. The zero-order valence-corrected chi connectivity index (χ0v) is 26.0. The molecule has 3 aromatic carbocycles. The number of fused-ring (bicyclic) bond motifs is 1. The normalized spacial score (nSPS) is 11.6. The number of anilines is 1. The van der Waals surface area contributed by atoms with Crippen LogP contribution in [0.25, 0.3) is 16.5 Å². The fourth-order valence-electron chi connectivity index (χ4n) is 4.72. The zero-order valence-electron chi connectivity index (χ0n) is 24.3. The van der Waals surface area contributed by atoms with E-state index in [1.165, 1.54) is 48.9 Å². The number of nitrogens with zero attached hydrogens (tertiary/aromatic N) is 2. The highest BCUT2D eigenvalue weighted by Crippen LogP contribution is 2.36. The molecule has 0 atom stereocenters. The van der Waals surface area contributed by atoms with Crippen LogP contribution in [0.1, 0.15) is 33.3 Å². The third-order valence-electron chi connectivity index (χ3n) is 7.00. The van der Waals surface area contributed by atoms with Crippen LogP contribution >= 0.6 is 11.3 Å². The third kappa shape index (κ3) is 5.69. The Kier molecular flexibility index (Phi) is 8.56. The van der Waals surface area contributed by atoms with Gasteiger partial charge in [-0.15, -0.1) is 11.3 Å². The quantitative estimate of drug-likeness (QED) is 0.148. The Labute approximate surface area is 257 Å². The van der Waals surface area contributed by atoms with Crippen LogP contribution in [0.2, 0.25) is 0 Å². The van der Waals surface area contributed by atoms with Crippen molar-refractivity contribution in [3.63, 3.8) is 0 Å². The summed E-state index contributed by atoms with van der Waals surface area (Å²) in [5.74, 6) is -0.616. The first kappa shape index (κ1) is 30.5. The largest absolute Gasteiger partial charge is 0.495 e. The number of aryl methyl sites for hydroxylation is 1. The lowest BCUT2D eigenvalue weighted by Gasteiger charge is -2.15. The van der Waals surface area contributed by atoms with Crippen molar-refractivity contribution >= 4 is 55.0 Å². The average Bonchev–Trinajstić information content (AvgIpc) is 3.30. The molecule has 0 radical (unpaired) electrons. The second kappa shape index (κ2) is 12.3. The number of rotatable bonds is 9. The number of hydrogen-bond donors (Lipinski definition) is 2. The number of pyridine rings is 1. The number of para-hydroxylation sites is 2. The van der Waals surface area contributed by atoms with Crippen LogP contribution in [0.3, 0.4) is 0 Å². The number of carbonyl (C=O) groups excluding carboxylic acids is 1. The Morgan fingerprint density at radius 1 is 1.05 bits per heavy atom. The smallest absolute Gasteiger partial charge is 0.341 e. The molecule has 0 saturated carbocycles. The number of sulfonamides is 1. The molecule has 0 fully saturated rings. The molecular formula is C32H29N3O7S2. The molecule has 0 aliphatic rings. The summed E-state index contributed by atoms with van der Waals surface area (Å²) in [6, 6.07) is 18.9. The Bertz CT molecular complexity index is 2100. The number of carbonyl (C=O) groups is 1. The SMILES string of the molecule is CCOC(=O)c1c(/N=C/c2c(O)n(-c3cccc(S(=O)(=O)Nc4ccccc4OC)c3)c(=O)c3ccccc23)sc(C)c1C. The first-order valence-corrected chi connectivity index (χ1v) is 15.8. The van der Waals surface area contributed by atoms with Crippen LogP contribution in [0.15, 0.2) is 87.5 Å². The Hall–Kier alpha value is -4.94. The maximum absolute atomic E-state index is 13.7. The molecule has 10 nitrogen and oxygen atoms in total. The van der Waals surface area contributed by atoms with Gasteiger partial charge < -0.3 is 14.6 Å². The van der Waals surface area contributed by atoms with E-state index in [1.807, 2.05) is 13.8 Å². The van der Waals surface area contributed by atoms with Crippen molar-refractivity contribution in [2.24, 2.45) is 4.99 Å². The van der Waals surface area contributed by atoms with Crippen molar-refractivity contribution in [1.29, 1.82) is 0 Å². The molecule has 0 spiro atoms. The fraction of sp³-hybridized carbons (Fsp3) is 0.156. The summed E-state index contributed by atoms with van der Waals surface area (Å²) in [4.78, 5) is 31.7. The van der Waals surface area contributed by atoms with Crippen LogP contribution in [0, 0.1) is 13.8 Å².